The van der Waals surface area contributed by atoms with Gasteiger partial charge in [0.15, 0.2) is 6.10 Å². The highest BCUT2D eigenvalue weighted by Crippen LogP contribution is 2.61. The fourth-order valence-corrected chi connectivity index (χ4v) is 6.02. The molecule has 0 aromatic heterocycles. The van der Waals surface area contributed by atoms with Crippen molar-refractivity contribution in [3.05, 3.63) is 29.8 Å². The smallest absolute Gasteiger partial charge is 0.307 e. The van der Waals surface area contributed by atoms with Gasteiger partial charge in [-0.05, 0) is 86.8 Å². The fraction of sp³-hybridized carbons (Fsp3) is 0.591. The zero-order chi connectivity index (χ0) is 19.0. The molecule has 1 aromatic carbocycles. The van der Waals surface area contributed by atoms with Gasteiger partial charge in [0.05, 0.1) is 18.1 Å². The molecule has 5 heteroatoms. The Morgan fingerprint density at radius 2 is 1.85 bits per heavy atom. The second kappa shape index (κ2) is 6.99. The summed E-state index contributed by atoms with van der Waals surface area (Å²) in [5.41, 5.74) is 1.12. The fourth-order valence-electron chi connectivity index (χ4n) is 6.02. The summed E-state index contributed by atoms with van der Waals surface area (Å²) < 4.78 is 5.46. The van der Waals surface area contributed by atoms with Crippen LogP contribution in [0.3, 0.4) is 0 Å². The molecule has 4 aliphatic rings. The number of nitriles is 1. The van der Waals surface area contributed by atoms with Crippen molar-refractivity contribution in [3.8, 4) is 6.07 Å². The quantitative estimate of drug-likeness (QED) is 0.798. The van der Waals surface area contributed by atoms with Gasteiger partial charge in [0, 0.05) is 5.69 Å². The third-order valence-corrected chi connectivity index (χ3v) is 6.62. The molecule has 0 heterocycles. The summed E-state index contributed by atoms with van der Waals surface area (Å²) >= 11 is 0. The minimum absolute atomic E-state index is 0.114. The molecule has 142 valence electrons. The molecule has 0 radical (unpaired) electrons. The zero-order valence-corrected chi connectivity index (χ0v) is 15.7. The van der Waals surface area contributed by atoms with Crippen molar-refractivity contribution in [3.63, 3.8) is 0 Å². The highest BCUT2D eigenvalue weighted by Gasteiger charge is 2.51. The SMILES string of the molecule is C[C@@H](OC(=O)CC12CC3CC(CC(C3)C1)C2)C(=O)Nc1cccc(C#N)c1. The van der Waals surface area contributed by atoms with E-state index in [-0.39, 0.29) is 17.3 Å². The van der Waals surface area contributed by atoms with E-state index in [1.807, 2.05) is 6.07 Å². The standard InChI is InChI=1S/C22H26N2O3/c1-14(21(26)24-19-4-2-3-15(8-19)13-23)27-20(25)12-22-9-16-5-17(10-22)7-18(6-16)11-22/h2-4,8,14,16-18H,5-7,9-12H2,1H3,(H,24,26)/t14-,16?,17?,18?,22?/m1/s1. The van der Waals surface area contributed by atoms with E-state index < -0.39 is 6.10 Å². The number of rotatable bonds is 5. The van der Waals surface area contributed by atoms with Crippen molar-refractivity contribution in [2.75, 3.05) is 5.32 Å². The molecule has 1 aromatic rings. The normalized spacial score (nSPS) is 31.8. The van der Waals surface area contributed by atoms with Gasteiger partial charge in [-0.15, -0.1) is 0 Å². The zero-order valence-electron chi connectivity index (χ0n) is 15.7. The van der Waals surface area contributed by atoms with Crippen LogP contribution in [0.1, 0.15) is 57.4 Å². The lowest BCUT2D eigenvalue weighted by Gasteiger charge is -2.56. The first-order valence-electron chi connectivity index (χ1n) is 9.95. The van der Waals surface area contributed by atoms with Crippen LogP contribution in [0.4, 0.5) is 5.69 Å². The van der Waals surface area contributed by atoms with Crippen LogP contribution in [0, 0.1) is 34.5 Å². The molecule has 4 saturated carbocycles. The van der Waals surface area contributed by atoms with E-state index >= 15 is 0 Å². The Bertz CT molecular complexity index is 760. The van der Waals surface area contributed by atoms with E-state index in [1.54, 1.807) is 31.2 Å². The lowest BCUT2D eigenvalue weighted by atomic mass is 9.49. The first kappa shape index (κ1) is 18.0. The summed E-state index contributed by atoms with van der Waals surface area (Å²) in [7, 11) is 0. The van der Waals surface area contributed by atoms with Crippen LogP contribution in [-0.2, 0) is 14.3 Å². The number of anilines is 1. The molecule has 4 fully saturated rings. The van der Waals surface area contributed by atoms with E-state index in [2.05, 4.69) is 5.32 Å². The summed E-state index contributed by atoms with van der Waals surface area (Å²) in [6, 6.07) is 8.73. The molecule has 5 nitrogen and oxygen atoms in total. The van der Waals surface area contributed by atoms with Crippen LogP contribution >= 0.6 is 0 Å². The molecule has 4 aliphatic carbocycles. The minimum Gasteiger partial charge on any atom is -0.453 e. The molecule has 27 heavy (non-hydrogen) atoms. The third-order valence-electron chi connectivity index (χ3n) is 6.62. The lowest BCUT2D eigenvalue weighted by molar-refractivity contribution is -0.160. The number of carbonyl (C=O) groups excluding carboxylic acids is 2. The molecule has 0 unspecified atom stereocenters. The molecule has 1 N–H and O–H groups in total. The molecule has 0 aliphatic heterocycles. The maximum atomic E-state index is 12.6. The molecule has 1 amide bonds. The predicted molar refractivity (Wildman–Crippen MR) is 101 cm³/mol. The number of hydrogen-bond donors (Lipinski definition) is 1. The van der Waals surface area contributed by atoms with Crippen LogP contribution in [0.2, 0.25) is 0 Å². The van der Waals surface area contributed by atoms with Crippen LogP contribution in [0.15, 0.2) is 24.3 Å². The van der Waals surface area contributed by atoms with Crippen molar-refractivity contribution in [2.45, 2.75) is 58.0 Å². The summed E-state index contributed by atoms with van der Waals surface area (Å²) in [5.74, 6) is 1.74. The average Bonchev–Trinajstić information content (AvgIpc) is 2.60. The summed E-state index contributed by atoms with van der Waals surface area (Å²) in [5, 5.41) is 11.7. The second-order valence-electron chi connectivity index (χ2n) is 8.91. The molecular formula is C22H26N2O3. The van der Waals surface area contributed by atoms with Crippen molar-refractivity contribution in [1.29, 1.82) is 5.26 Å². The lowest BCUT2D eigenvalue weighted by Crippen LogP contribution is -2.47. The van der Waals surface area contributed by atoms with Gasteiger partial charge in [-0.2, -0.15) is 5.26 Å². The molecular weight excluding hydrogens is 340 g/mol. The first-order chi connectivity index (χ1) is 12.9. The number of ether oxygens (including phenoxy) is 1. The van der Waals surface area contributed by atoms with Crippen molar-refractivity contribution < 1.29 is 14.3 Å². The maximum absolute atomic E-state index is 12.6. The Kier molecular flexibility index (Phi) is 4.67. The van der Waals surface area contributed by atoms with Crippen LogP contribution in [0.5, 0.6) is 0 Å². The van der Waals surface area contributed by atoms with Crippen LogP contribution in [0.25, 0.3) is 0 Å². The van der Waals surface area contributed by atoms with Crippen LogP contribution < -0.4 is 5.32 Å². The Morgan fingerprint density at radius 1 is 1.22 bits per heavy atom. The largest absolute Gasteiger partial charge is 0.453 e. The van der Waals surface area contributed by atoms with E-state index in [0.29, 0.717) is 17.7 Å². The van der Waals surface area contributed by atoms with Gasteiger partial charge < -0.3 is 10.1 Å². The topological polar surface area (TPSA) is 79.2 Å². The van der Waals surface area contributed by atoms with Crippen molar-refractivity contribution >= 4 is 17.6 Å². The highest BCUT2D eigenvalue weighted by molar-refractivity contribution is 5.95. The molecule has 5 rings (SSSR count). The van der Waals surface area contributed by atoms with Gasteiger partial charge in [-0.3, -0.25) is 9.59 Å². The number of benzene rings is 1. The van der Waals surface area contributed by atoms with E-state index in [9.17, 15) is 9.59 Å². The van der Waals surface area contributed by atoms with Gasteiger partial charge in [0.1, 0.15) is 0 Å². The number of amides is 1. The highest BCUT2D eigenvalue weighted by atomic mass is 16.5. The number of nitrogens with one attached hydrogen (secondary N) is 1. The number of carbonyl (C=O) groups is 2. The van der Waals surface area contributed by atoms with Crippen molar-refractivity contribution in [1.82, 2.24) is 0 Å². The Morgan fingerprint density at radius 3 is 2.44 bits per heavy atom. The average molecular weight is 366 g/mol. The van der Waals surface area contributed by atoms with Gasteiger partial charge in [0.25, 0.3) is 5.91 Å². The van der Waals surface area contributed by atoms with Gasteiger partial charge in [-0.25, -0.2) is 0 Å². The maximum Gasteiger partial charge on any atom is 0.307 e. The molecule has 4 bridgehead atoms. The van der Waals surface area contributed by atoms with Crippen LogP contribution in [-0.4, -0.2) is 18.0 Å². The first-order valence-corrected chi connectivity index (χ1v) is 9.95. The van der Waals surface area contributed by atoms with E-state index in [1.165, 1.54) is 19.3 Å². The number of nitrogens with zero attached hydrogens (tertiary/aromatic N) is 1. The van der Waals surface area contributed by atoms with E-state index in [0.717, 1.165) is 37.0 Å². The summed E-state index contributed by atoms with van der Waals surface area (Å²) in [6.45, 7) is 1.60. The van der Waals surface area contributed by atoms with Gasteiger partial charge >= 0.3 is 5.97 Å². The third kappa shape index (κ3) is 3.85. The summed E-state index contributed by atoms with van der Waals surface area (Å²) in [4.78, 5) is 24.9. The second-order valence-corrected chi connectivity index (χ2v) is 8.91. The Hall–Kier alpha value is -2.35. The monoisotopic (exact) mass is 366 g/mol. The van der Waals surface area contributed by atoms with Gasteiger partial charge in [0.2, 0.25) is 0 Å². The predicted octanol–water partition coefficient (Wildman–Crippen LogP) is 4.03. The summed E-state index contributed by atoms with van der Waals surface area (Å²) in [6.07, 6.45) is 7.06. The Labute approximate surface area is 160 Å². The molecule has 0 spiro atoms. The molecule has 1 atom stereocenters. The number of hydrogen-bond acceptors (Lipinski definition) is 4. The van der Waals surface area contributed by atoms with E-state index in [4.69, 9.17) is 10.00 Å². The Balaban J connectivity index is 1.32. The number of esters is 1. The molecule has 0 saturated heterocycles. The van der Waals surface area contributed by atoms with Gasteiger partial charge in [-0.1, -0.05) is 6.07 Å². The minimum atomic E-state index is -0.850. The van der Waals surface area contributed by atoms with Crippen molar-refractivity contribution in [2.24, 2.45) is 23.2 Å².